The van der Waals surface area contributed by atoms with Crippen molar-refractivity contribution in [2.45, 2.75) is 78.6 Å². The Morgan fingerprint density at radius 1 is 1.08 bits per heavy atom. The summed E-state index contributed by atoms with van der Waals surface area (Å²) in [5.41, 5.74) is 4.40. The van der Waals surface area contributed by atoms with E-state index in [1.165, 1.54) is 5.56 Å². The molecule has 1 saturated heterocycles. The van der Waals surface area contributed by atoms with Gasteiger partial charge in [-0.25, -0.2) is 0 Å². The fraction of sp³-hybridized carbons (Fsp3) is 0.500. The average molecular weight is 486 g/mol. The lowest BCUT2D eigenvalue weighted by Gasteiger charge is -2.29. The Balaban J connectivity index is 1.98. The second-order valence-corrected chi connectivity index (χ2v) is 12.3. The van der Waals surface area contributed by atoms with Crippen LogP contribution in [0.2, 0.25) is 0 Å². The van der Waals surface area contributed by atoms with Crippen LogP contribution >= 0.6 is 0 Å². The predicted molar refractivity (Wildman–Crippen MR) is 150 cm³/mol. The van der Waals surface area contributed by atoms with Crippen LogP contribution < -0.4 is 0 Å². The molecule has 4 nitrogen and oxygen atoms in total. The third-order valence-corrected chi connectivity index (χ3v) is 7.37. The van der Waals surface area contributed by atoms with Gasteiger partial charge in [-0.3, -0.25) is 5.41 Å². The number of allylic oxidation sites excluding steroid dienone is 1. The maximum absolute atomic E-state index is 11.2. The summed E-state index contributed by atoms with van der Waals surface area (Å²) < 4.78 is 0. The van der Waals surface area contributed by atoms with Gasteiger partial charge in [0.05, 0.1) is 11.9 Å². The van der Waals surface area contributed by atoms with Gasteiger partial charge >= 0.3 is 0 Å². The first kappa shape index (κ1) is 27.5. The van der Waals surface area contributed by atoms with Crippen LogP contribution in [0.4, 0.5) is 0 Å². The molecule has 2 aromatic rings. The topological polar surface area (TPSA) is 71.1 Å². The van der Waals surface area contributed by atoms with Crippen molar-refractivity contribution in [2.75, 3.05) is 13.1 Å². The monoisotopic (exact) mass is 485 g/mol. The molecule has 0 aromatic heterocycles. The molecular formula is C32H43N3O. The highest BCUT2D eigenvalue weighted by Gasteiger charge is 2.37. The first-order valence-electron chi connectivity index (χ1n) is 13.2. The lowest BCUT2D eigenvalue weighted by molar-refractivity contribution is 0.373. The number of phenolic OH excluding ortho intramolecular Hbond substituents is 1. The average Bonchev–Trinajstić information content (AvgIpc) is 3.07. The molecule has 1 aliphatic rings. The van der Waals surface area contributed by atoms with Crippen molar-refractivity contribution < 1.29 is 5.11 Å². The number of benzene rings is 2. The van der Waals surface area contributed by atoms with E-state index >= 15 is 0 Å². The smallest absolute Gasteiger partial charge is 0.123 e. The van der Waals surface area contributed by atoms with Gasteiger partial charge in [0.25, 0.3) is 0 Å². The number of nitrogens with zero attached hydrogens (tertiary/aromatic N) is 2. The number of hydrogen-bond donors (Lipinski definition) is 2. The Hall–Kier alpha value is -3.06. The van der Waals surface area contributed by atoms with Crippen LogP contribution in [0.3, 0.4) is 0 Å². The number of aromatic hydroxyl groups is 1. The van der Waals surface area contributed by atoms with Crippen molar-refractivity contribution in [3.8, 4) is 11.8 Å². The number of rotatable bonds is 7. The first-order chi connectivity index (χ1) is 16.9. The molecule has 1 aliphatic heterocycles. The summed E-state index contributed by atoms with van der Waals surface area (Å²) in [6, 6.07) is 16.8. The Labute approximate surface area is 218 Å². The van der Waals surface area contributed by atoms with Gasteiger partial charge in [0.2, 0.25) is 0 Å². The summed E-state index contributed by atoms with van der Waals surface area (Å²) >= 11 is 0. The zero-order chi connectivity index (χ0) is 26.7. The van der Waals surface area contributed by atoms with Crippen molar-refractivity contribution in [1.29, 1.82) is 10.7 Å². The van der Waals surface area contributed by atoms with Gasteiger partial charge in [-0.15, -0.1) is 0 Å². The SMILES string of the molecule is CCCC1CN(C/C(=C/C#N)c2cc(C(C)(C)C)c(O)c(C(C)(C)C)c2)C(=N)C1Cc1ccccc1. The molecule has 0 spiro atoms. The van der Waals surface area contributed by atoms with Crippen LogP contribution in [-0.4, -0.2) is 28.9 Å². The van der Waals surface area contributed by atoms with E-state index in [2.05, 4.69) is 83.7 Å². The molecule has 3 rings (SSSR count). The molecule has 0 radical (unpaired) electrons. The van der Waals surface area contributed by atoms with Crippen LogP contribution in [0.5, 0.6) is 5.75 Å². The van der Waals surface area contributed by atoms with E-state index in [1.54, 1.807) is 6.08 Å². The van der Waals surface area contributed by atoms with E-state index in [0.717, 1.165) is 48.1 Å². The van der Waals surface area contributed by atoms with E-state index in [-0.39, 0.29) is 16.7 Å². The molecule has 2 unspecified atom stereocenters. The van der Waals surface area contributed by atoms with Crippen LogP contribution in [0.25, 0.3) is 5.57 Å². The van der Waals surface area contributed by atoms with Gasteiger partial charge in [-0.2, -0.15) is 5.26 Å². The highest BCUT2D eigenvalue weighted by Crippen LogP contribution is 2.41. The number of amidine groups is 1. The lowest BCUT2D eigenvalue weighted by atomic mass is 9.77. The maximum atomic E-state index is 11.2. The molecule has 0 saturated carbocycles. The van der Waals surface area contributed by atoms with Gasteiger partial charge in [-0.05, 0) is 58.4 Å². The largest absolute Gasteiger partial charge is 0.507 e. The number of likely N-dealkylation sites (tertiary alicyclic amines) is 1. The molecule has 0 bridgehead atoms. The van der Waals surface area contributed by atoms with Crippen LogP contribution in [0, 0.1) is 28.6 Å². The minimum atomic E-state index is -0.245. The molecule has 2 atom stereocenters. The fourth-order valence-corrected chi connectivity index (χ4v) is 5.38. The Bertz CT molecular complexity index is 1110. The van der Waals surface area contributed by atoms with Crippen LogP contribution in [0.1, 0.15) is 83.6 Å². The minimum Gasteiger partial charge on any atom is -0.507 e. The summed E-state index contributed by atoms with van der Waals surface area (Å²) in [7, 11) is 0. The van der Waals surface area contributed by atoms with E-state index < -0.39 is 0 Å². The maximum Gasteiger partial charge on any atom is 0.123 e. The predicted octanol–water partition coefficient (Wildman–Crippen LogP) is 7.46. The molecule has 192 valence electrons. The molecule has 4 heteroatoms. The lowest BCUT2D eigenvalue weighted by Crippen LogP contribution is -2.29. The molecule has 1 fully saturated rings. The summed E-state index contributed by atoms with van der Waals surface area (Å²) in [6.07, 6.45) is 4.69. The molecule has 0 aliphatic carbocycles. The third-order valence-electron chi connectivity index (χ3n) is 7.37. The first-order valence-corrected chi connectivity index (χ1v) is 13.2. The summed E-state index contributed by atoms with van der Waals surface area (Å²) in [4.78, 5) is 2.16. The van der Waals surface area contributed by atoms with Crippen LogP contribution in [-0.2, 0) is 17.3 Å². The number of nitrogens with one attached hydrogen (secondary N) is 1. The zero-order valence-corrected chi connectivity index (χ0v) is 23.2. The van der Waals surface area contributed by atoms with Crippen LogP contribution in [0.15, 0.2) is 48.5 Å². The van der Waals surface area contributed by atoms with Gasteiger partial charge in [-0.1, -0.05) is 85.2 Å². The minimum absolute atomic E-state index is 0.186. The molecule has 2 N–H and O–H groups in total. The van der Waals surface area contributed by atoms with Gasteiger partial charge in [0, 0.05) is 36.2 Å². The third kappa shape index (κ3) is 6.19. The molecule has 1 heterocycles. The van der Waals surface area contributed by atoms with Gasteiger partial charge in [0.15, 0.2) is 0 Å². The van der Waals surface area contributed by atoms with E-state index in [1.807, 2.05) is 18.2 Å². The van der Waals surface area contributed by atoms with Crippen molar-refractivity contribution in [3.05, 3.63) is 70.8 Å². The van der Waals surface area contributed by atoms with E-state index in [9.17, 15) is 10.4 Å². The Morgan fingerprint density at radius 3 is 2.17 bits per heavy atom. The Kier molecular flexibility index (Phi) is 8.34. The second-order valence-electron chi connectivity index (χ2n) is 12.3. The summed E-state index contributed by atoms with van der Waals surface area (Å²) in [5, 5.41) is 30.0. The Morgan fingerprint density at radius 2 is 1.67 bits per heavy atom. The van der Waals surface area contributed by atoms with Crippen molar-refractivity contribution >= 4 is 11.4 Å². The number of hydrogen-bond acceptors (Lipinski definition) is 3. The quantitative estimate of drug-likeness (QED) is 0.400. The normalized spacial score (nSPS) is 19.0. The molecule has 36 heavy (non-hydrogen) atoms. The fourth-order valence-electron chi connectivity index (χ4n) is 5.38. The van der Waals surface area contributed by atoms with E-state index in [4.69, 9.17) is 5.41 Å². The van der Waals surface area contributed by atoms with Gasteiger partial charge < -0.3 is 10.0 Å². The van der Waals surface area contributed by atoms with Crippen molar-refractivity contribution in [1.82, 2.24) is 4.90 Å². The van der Waals surface area contributed by atoms with Crippen molar-refractivity contribution in [2.24, 2.45) is 11.8 Å². The van der Waals surface area contributed by atoms with Crippen molar-refractivity contribution in [3.63, 3.8) is 0 Å². The van der Waals surface area contributed by atoms with Gasteiger partial charge in [0.1, 0.15) is 5.75 Å². The second kappa shape index (κ2) is 10.9. The highest BCUT2D eigenvalue weighted by molar-refractivity contribution is 5.86. The highest BCUT2D eigenvalue weighted by atomic mass is 16.3. The molecule has 2 aromatic carbocycles. The molecule has 0 amide bonds. The molecular weight excluding hydrogens is 442 g/mol. The standard InChI is InChI=1S/C32H43N3O/c1-8-12-24-21-35(30(34)26(24)17-22-13-10-9-11-14-22)20-23(15-16-33)25-18-27(31(2,3)4)29(36)28(19-25)32(5,6)7/h9-11,13-15,18-19,24,26,34,36H,8,12,17,20-21H2,1-7H3/b23-15-,34-30?. The number of phenols is 1. The summed E-state index contributed by atoms with van der Waals surface area (Å²) in [5.74, 6) is 1.63. The van der Waals surface area contributed by atoms with E-state index in [0.29, 0.717) is 24.0 Å². The summed E-state index contributed by atoms with van der Waals surface area (Å²) in [6.45, 7) is 16.2. The number of nitriles is 1. The zero-order valence-electron chi connectivity index (χ0n) is 23.2.